The second-order valence-corrected chi connectivity index (χ2v) is 6.59. The van der Waals surface area contributed by atoms with E-state index < -0.39 is 0 Å². The van der Waals surface area contributed by atoms with E-state index in [9.17, 15) is 4.79 Å². The zero-order valence-electron chi connectivity index (χ0n) is 11.3. The van der Waals surface area contributed by atoms with Gasteiger partial charge in [-0.1, -0.05) is 11.6 Å². The summed E-state index contributed by atoms with van der Waals surface area (Å²) in [5.74, 6) is 0.994. The maximum absolute atomic E-state index is 12.8. The van der Waals surface area contributed by atoms with Gasteiger partial charge in [-0.2, -0.15) is 5.10 Å². The van der Waals surface area contributed by atoms with Gasteiger partial charge in [-0.25, -0.2) is 0 Å². The molecule has 104 valence electrons. The Morgan fingerprint density at radius 3 is 2.74 bits per heavy atom. The number of halogens is 1. The minimum Gasteiger partial charge on any atom is -0.327 e. The molecule has 1 aromatic rings. The lowest BCUT2D eigenvalue weighted by Gasteiger charge is -2.27. The van der Waals surface area contributed by atoms with E-state index >= 15 is 0 Å². The number of Topliss-reactive ketones (excluding diaryl/α,β-unsaturated/α-hetero) is 1. The number of carbonyl (C=O) groups excluding carboxylic acids is 1. The van der Waals surface area contributed by atoms with Crippen LogP contribution in [-0.2, 0) is 0 Å². The van der Waals surface area contributed by atoms with Crippen LogP contribution in [0.5, 0.6) is 0 Å². The highest BCUT2D eigenvalue weighted by Crippen LogP contribution is 2.49. The molecule has 3 rings (SSSR count). The molecular formula is C14H20ClN3O. The molecule has 0 spiro atoms. The fourth-order valence-electron chi connectivity index (χ4n) is 3.85. The molecule has 2 aliphatic carbocycles. The molecule has 2 fully saturated rings. The summed E-state index contributed by atoms with van der Waals surface area (Å²) in [6.45, 7) is 4.00. The van der Waals surface area contributed by atoms with Crippen LogP contribution in [0.3, 0.4) is 0 Å². The van der Waals surface area contributed by atoms with Gasteiger partial charge < -0.3 is 5.73 Å². The molecule has 4 atom stereocenters. The van der Waals surface area contributed by atoms with Gasteiger partial charge in [0.2, 0.25) is 0 Å². The quantitative estimate of drug-likeness (QED) is 0.867. The molecule has 1 heterocycles. The van der Waals surface area contributed by atoms with Crippen molar-refractivity contribution < 1.29 is 4.79 Å². The topological polar surface area (TPSA) is 60.9 Å². The predicted octanol–water partition coefficient (Wildman–Crippen LogP) is 2.67. The third kappa shape index (κ3) is 1.93. The van der Waals surface area contributed by atoms with Crippen molar-refractivity contribution in [3.8, 4) is 0 Å². The van der Waals surface area contributed by atoms with Crippen molar-refractivity contribution in [1.82, 2.24) is 9.78 Å². The summed E-state index contributed by atoms with van der Waals surface area (Å²) in [5.41, 5.74) is 6.80. The van der Waals surface area contributed by atoms with Crippen LogP contribution in [-0.4, -0.2) is 21.6 Å². The van der Waals surface area contributed by atoms with Gasteiger partial charge in [-0.15, -0.1) is 0 Å². The first-order valence-corrected chi connectivity index (χ1v) is 7.41. The lowest BCUT2D eigenvalue weighted by atomic mass is 9.81. The van der Waals surface area contributed by atoms with Gasteiger partial charge in [0, 0.05) is 18.0 Å². The van der Waals surface area contributed by atoms with Crippen LogP contribution in [0.1, 0.15) is 49.6 Å². The monoisotopic (exact) mass is 281 g/mol. The third-order valence-electron chi connectivity index (χ3n) is 4.76. The molecule has 0 amide bonds. The van der Waals surface area contributed by atoms with Crippen LogP contribution in [0.4, 0.5) is 0 Å². The molecule has 1 aromatic heterocycles. The molecule has 0 aliphatic heterocycles. The SMILES string of the molecule is CC(C)n1ncc(Cl)c1C(=O)C1C2CCC(C2)C1N. The smallest absolute Gasteiger partial charge is 0.187 e. The van der Waals surface area contributed by atoms with Crippen LogP contribution in [0, 0.1) is 17.8 Å². The first kappa shape index (κ1) is 13.1. The van der Waals surface area contributed by atoms with E-state index in [-0.39, 0.29) is 23.8 Å². The van der Waals surface area contributed by atoms with Crippen molar-refractivity contribution >= 4 is 17.4 Å². The maximum atomic E-state index is 12.8. The second kappa shape index (κ2) is 4.60. The standard InChI is InChI=1S/C14H20ClN3O/c1-7(2)18-13(10(15)6-17-18)14(19)11-8-3-4-9(5-8)12(11)16/h6-9,11-12H,3-5,16H2,1-2H3. The number of hydrogen-bond acceptors (Lipinski definition) is 3. The maximum Gasteiger partial charge on any atom is 0.187 e. The summed E-state index contributed by atoms with van der Waals surface area (Å²) < 4.78 is 1.73. The van der Waals surface area contributed by atoms with Crippen molar-refractivity contribution in [2.24, 2.45) is 23.5 Å². The highest BCUT2D eigenvalue weighted by molar-refractivity contribution is 6.33. The van der Waals surface area contributed by atoms with E-state index in [1.54, 1.807) is 10.9 Å². The predicted molar refractivity (Wildman–Crippen MR) is 74.2 cm³/mol. The van der Waals surface area contributed by atoms with Crippen molar-refractivity contribution in [2.75, 3.05) is 0 Å². The molecule has 4 unspecified atom stereocenters. The molecule has 19 heavy (non-hydrogen) atoms. The molecule has 0 radical (unpaired) electrons. The zero-order valence-corrected chi connectivity index (χ0v) is 12.1. The normalized spacial score (nSPS) is 33.3. The average Bonchev–Trinajstić information content (AvgIpc) is 3.01. The van der Waals surface area contributed by atoms with E-state index in [1.807, 2.05) is 13.8 Å². The number of nitrogens with zero attached hydrogens (tertiary/aromatic N) is 2. The van der Waals surface area contributed by atoms with Gasteiger partial charge in [0.1, 0.15) is 5.69 Å². The number of aromatic nitrogens is 2. The van der Waals surface area contributed by atoms with Crippen LogP contribution >= 0.6 is 11.6 Å². The van der Waals surface area contributed by atoms with E-state index in [2.05, 4.69) is 5.10 Å². The van der Waals surface area contributed by atoms with Crippen LogP contribution < -0.4 is 5.73 Å². The van der Waals surface area contributed by atoms with Gasteiger partial charge in [0.05, 0.1) is 11.2 Å². The van der Waals surface area contributed by atoms with E-state index in [1.165, 1.54) is 6.42 Å². The van der Waals surface area contributed by atoms with Gasteiger partial charge in [-0.3, -0.25) is 9.48 Å². The summed E-state index contributed by atoms with van der Waals surface area (Å²) in [6, 6.07) is 0.124. The minimum atomic E-state index is -0.0644. The fourth-order valence-corrected chi connectivity index (χ4v) is 4.07. The Hall–Kier alpha value is -0.870. The lowest BCUT2D eigenvalue weighted by molar-refractivity contribution is 0.0843. The van der Waals surface area contributed by atoms with Gasteiger partial charge in [0.25, 0.3) is 0 Å². The molecule has 5 heteroatoms. The number of carbonyl (C=O) groups is 1. The highest BCUT2D eigenvalue weighted by atomic mass is 35.5. The first-order valence-electron chi connectivity index (χ1n) is 7.03. The third-order valence-corrected chi connectivity index (χ3v) is 5.03. The molecule has 0 saturated heterocycles. The molecule has 2 aliphatic rings. The number of ketones is 1. The number of fused-ring (bicyclic) bond motifs is 2. The molecule has 4 nitrogen and oxygen atoms in total. The van der Waals surface area contributed by atoms with E-state index in [0.717, 1.165) is 12.8 Å². The van der Waals surface area contributed by atoms with Gasteiger partial charge in [0.15, 0.2) is 5.78 Å². The van der Waals surface area contributed by atoms with Crippen LogP contribution in [0.15, 0.2) is 6.20 Å². The summed E-state index contributed by atoms with van der Waals surface area (Å²) >= 11 is 6.17. The van der Waals surface area contributed by atoms with Crippen LogP contribution in [0.2, 0.25) is 5.02 Å². The number of hydrogen-bond donors (Lipinski definition) is 1. The largest absolute Gasteiger partial charge is 0.327 e. The van der Waals surface area contributed by atoms with Gasteiger partial charge in [-0.05, 0) is 44.9 Å². The Morgan fingerprint density at radius 1 is 1.47 bits per heavy atom. The molecule has 2 saturated carbocycles. The fraction of sp³-hybridized carbons (Fsp3) is 0.714. The summed E-state index contributed by atoms with van der Waals surface area (Å²) in [7, 11) is 0. The van der Waals surface area contributed by atoms with E-state index in [4.69, 9.17) is 17.3 Å². The van der Waals surface area contributed by atoms with Crippen LogP contribution in [0.25, 0.3) is 0 Å². The second-order valence-electron chi connectivity index (χ2n) is 6.18. The zero-order chi connectivity index (χ0) is 13.7. The minimum absolute atomic E-state index is 0.00201. The Kier molecular flexibility index (Phi) is 3.18. The van der Waals surface area contributed by atoms with Crippen molar-refractivity contribution in [3.63, 3.8) is 0 Å². The number of nitrogens with two attached hydrogens (primary N) is 1. The molecule has 2 bridgehead atoms. The lowest BCUT2D eigenvalue weighted by Crippen LogP contribution is -2.41. The highest BCUT2D eigenvalue weighted by Gasteiger charge is 2.50. The summed E-state index contributed by atoms with van der Waals surface area (Å²) in [4.78, 5) is 12.8. The van der Waals surface area contributed by atoms with Crippen molar-refractivity contribution in [1.29, 1.82) is 0 Å². The molecule has 2 N–H and O–H groups in total. The average molecular weight is 282 g/mol. The van der Waals surface area contributed by atoms with E-state index in [0.29, 0.717) is 22.6 Å². The Morgan fingerprint density at radius 2 is 2.16 bits per heavy atom. The molecular weight excluding hydrogens is 262 g/mol. The van der Waals surface area contributed by atoms with Crippen molar-refractivity contribution in [2.45, 2.75) is 45.2 Å². The number of rotatable bonds is 3. The Balaban J connectivity index is 1.95. The summed E-state index contributed by atoms with van der Waals surface area (Å²) in [5, 5.41) is 4.67. The van der Waals surface area contributed by atoms with Crippen molar-refractivity contribution in [3.05, 3.63) is 16.9 Å². The molecule has 0 aromatic carbocycles. The van der Waals surface area contributed by atoms with Gasteiger partial charge >= 0.3 is 0 Å². The summed E-state index contributed by atoms with van der Waals surface area (Å²) in [6.07, 6.45) is 4.97. The first-order chi connectivity index (χ1) is 9.00. The Bertz CT molecular complexity index is 509. The Labute approximate surface area is 118 Å².